The first-order valence-electron chi connectivity index (χ1n) is 13.4. The molecule has 0 heterocycles. The van der Waals surface area contributed by atoms with Crippen LogP contribution >= 0.6 is 0 Å². The summed E-state index contributed by atoms with van der Waals surface area (Å²) in [5.41, 5.74) is 3.57. The van der Waals surface area contributed by atoms with E-state index in [1.54, 1.807) is 37.3 Å². The third-order valence-corrected chi connectivity index (χ3v) is 7.76. The van der Waals surface area contributed by atoms with Crippen LogP contribution in [0.5, 0.6) is 0 Å². The Bertz CT molecular complexity index is 1390. The Morgan fingerprint density at radius 2 is 1.57 bits per heavy atom. The maximum absolute atomic E-state index is 14.7. The summed E-state index contributed by atoms with van der Waals surface area (Å²) >= 11 is 0. The van der Waals surface area contributed by atoms with E-state index in [9.17, 15) is 22.4 Å². The van der Waals surface area contributed by atoms with Crippen molar-refractivity contribution in [2.45, 2.75) is 52.6 Å². The van der Waals surface area contributed by atoms with Gasteiger partial charge in [0.2, 0.25) is 21.8 Å². The van der Waals surface area contributed by atoms with Gasteiger partial charge in [0.25, 0.3) is 0 Å². The quantitative estimate of drug-likeness (QED) is 0.323. The number of likely N-dealkylation sites (N-methyl/N-ethyl adjacent to an activating group) is 1. The molecule has 0 radical (unpaired) electrons. The molecular weight excluding hydrogens is 529 g/mol. The van der Waals surface area contributed by atoms with E-state index in [-0.39, 0.29) is 44.2 Å². The highest BCUT2D eigenvalue weighted by Crippen LogP contribution is 2.23. The van der Waals surface area contributed by atoms with Crippen molar-refractivity contribution in [3.05, 3.63) is 101 Å². The molecule has 0 aliphatic rings. The van der Waals surface area contributed by atoms with Crippen LogP contribution in [0.25, 0.3) is 0 Å². The number of anilines is 1. The summed E-state index contributed by atoms with van der Waals surface area (Å²) in [4.78, 5) is 28.4. The number of sulfonamides is 1. The van der Waals surface area contributed by atoms with Crippen molar-refractivity contribution >= 4 is 27.5 Å². The zero-order chi connectivity index (χ0) is 29.3. The third kappa shape index (κ3) is 8.64. The molecule has 1 N–H and O–H groups in total. The van der Waals surface area contributed by atoms with Gasteiger partial charge >= 0.3 is 0 Å². The lowest BCUT2D eigenvalue weighted by Crippen LogP contribution is -2.50. The van der Waals surface area contributed by atoms with Gasteiger partial charge in [0.15, 0.2) is 0 Å². The highest BCUT2D eigenvalue weighted by atomic mass is 32.2. The Morgan fingerprint density at radius 1 is 0.950 bits per heavy atom. The first-order chi connectivity index (χ1) is 19.0. The molecule has 0 aliphatic carbocycles. The van der Waals surface area contributed by atoms with Gasteiger partial charge < -0.3 is 10.2 Å². The molecule has 3 aromatic rings. The number of halogens is 1. The largest absolute Gasteiger partial charge is 0.355 e. The number of hydrogen-bond acceptors (Lipinski definition) is 4. The van der Waals surface area contributed by atoms with E-state index in [1.165, 1.54) is 15.3 Å². The zero-order valence-electron chi connectivity index (χ0n) is 23.6. The molecule has 0 aliphatic heterocycles. The Kier molecular flexibility index (Phi) is 10.8. The molecule has 0 spiro atoms. The van der Waals surface area contributed by atoms with Crippen LogP contribution in [-0.4, -0.2) is 50.5 Å². The predicted molar refractivity (Wildman–Crippen MR) is 157 cm³/mol. The highest BCUT2D eigenvalue weighted by molar-refractivity contribution is 7.92. The minimum Gasteiger partial charge on any atom is -0.355 e. The number of benzene rings is 3. The molecule has 0 bridgehead atoms. The van der Waals surface area contributed by atoms with Crippen molar-refractivity contribution in [3.63, 3.8) is 0 Å². The van der Waals surface area contributed by atoms with Crippen LogP contribution in [0.2, 0.25) is 0 Å². The van der Waals surface area contributed by atoms with E-state index in [4.69, 9.17) is 0 Å². The van der Waals surface area contributed by atoms with Gasteiger partial charge in [-0.1, -0.05) is 54.6 Å². The molecule has 0 aromatic heterocycles. The van der Waals surface area contributed by atoms with Crippen LogP contribution in [0.1, 0.15) is 42.0 Å². The summed E-state index contributed by atoms with van der Waals surface area (Å²) in [6, 6.07) is 20.2. The highest BCUT2D eigenvalue weighted by Gasteiger charge is 2.31. The maximum atomic E-state index is 14.7. The summed E-state index contributed by atoms with van der Waals surface area (Å²) in [5.74, 6) is -1.15. The molecule has 0 unspecified atom stereocenters. The lowest BCUT2D eigenvalue weighted by Gasteiger charge is -2.32. The van der Waals surface area contributed by atoms with Crippen LogP contribution in [0.3, 0.4) is 0 Å². The summed E-state index contributed by atoms with van der Waals surface area (Å²) in [6.07, 6.45) is 1.60. The fourth-order valence-electron chi connectivity index (χ4n) is 4.75. The average molecular weight is 568 g/mol. The zero-order valence-corrected chi connectivity index (χ0v) is 24.4. The fraction of sp³-hybridized carbons (Fsp3) is 0.355. The number of aryl methyl sites for hydroxylation is 2. The number of rotatable bonds is 13. The van der Waals surface area contributed by atoms with Crippen LogP contribution in [0.4, 0.5) is 10.1 Å². The smallest absolute Gasteiger partial charge is 0.243 e. The molecule has 9 heteroatoms. The van der Waals surface area contributed by atoms with E-state index < -0.39 is 21.9 Å². The van der Waals surface area contributed by atoms with Gasteiger partial charge in [0, 0.05) is 38.0 Å². The Balaban J connectivity index is 1.88. The third-order valence-electron chi connectivity index (χ3n) is 6.57. The monoisotopic (exact) mass is 567 g/mol. The molecule has 214 valence electrons. The minimum absolute atomic E-state index is 0.0179. The SMILES string of the molecule is CCNC(=O)[C@H](Cc1ccccc1)N(Cc1ccccc1F)C(=O)CCCN(c1cc(C)cc(C)c1)S(C)(=O)=O. The van der Waals surface area contributed by atoms with Crippen molar-refractivity contribution in [1.29, 1.82) is 0 Å². The van der Waals surface area contributed by atoms with E-state index in [0.29, 0.717) is 17.8 Å². The Hall–Kier alpha value is -3.72. The fourth-order valence-corrected chi connectivity index (χ4v) is 5.70. The first-order valence-corrected chi connectivity index (χ1v) is 15.2. The second kappa shape index (κ2) is 14.1. The summed E-state index contributed by atoms with van der Waals surface area (Å²) in [6.45, 7) is 5.97. The molecule has 7 nitrogen and oxygen atoms in total. The molecule has 3 rings (SSSR count). The van der Waals surface area contributed by atoms with Gasteiger partial charge in [-0.05, 0) is 62.1 Å². The van der Waals surface area contributed by atoms with Crippen LogP contribution in [0.15, 0.2) is 72.8 Å². The molecule has 0 saturated carbocycles. The van der Waals surface area contributed by atoms with E-state index in [1.807, 2.05) is 50.2 Å². The van der Waals surface area contributed by atoms with Gasteiger partial charge in [-0.2, -0.15) is 0 Å². The lowest BCUT2D eigenvalue weighted by atomic mass is 10.0. The number of nitrogens with one attached hydrogen (secondary N) is 1. The predicted octanol–water partition coefficient (Wildman–Crippen LogP) is 4.76. The molecule has 0 saturated heterocycles. The summed E-state index contributed by atoms with van der Waals surface area (Å²) < 4.78 is 41.3. The molecule has 2 amide bonds. The van der Waals surface area contributed by atoms with Gasteiger partial charge in [-0.3, -0.25) is 13.9 Å². The van der Waals surface area contributed by atoms with Crippen molar-refractivity contribution in [2.75, 3.05) is 23.7 Å². The van der Waals surface area contributed by atoms with Crippen LogP contribution in [0, 0.1) is 19.7 Å². The van der Waals surface area contributed by atoms with Gasteiger partial charge in [-0.25, -0.2) is 12.8 Å². The van der Waals surface area contributed by atoms with Crippen molar-refractivity contribution < 1.29 is 22.4 Å². The second-order valence-electron chi connectivity index (χ2n) is 10.00. The Morgan fingerprint density at radius 3 is 2.17 bits per heavy atom. The minimum atomic E-state index is -3.61. The molecular formula is C31H38FN3O4S. The number of carbonyl (C=O) groups is 2. The molecule has 1 atom stereocenters. The standard InChI is InChI=1S/C31H38FN3O4S/c1-5-33-31(37)29(21-25-12-7-6-8-13-25)34(22-26-14-9-10-15-28(26)32)30(36)16-11-17-35(40(4,38)39)27-19-23(2)18-24(3)20-27/h6-10,12-15,18-20,29H,5,11,16-17,21-22H2,1-4H3,(H,33,37)/t29-/m0/s1. The first kappa shape index (κ1) is 30.8. The van der Waals surface area contributed by atoms with Crippen molar-refractivity contribution in [2.24, 2.45) is 0 Å². The number of carbonyl (C=O) groups excluding carboxylic acids is 2. The Labute approximate surface area is 237 Å². The summed E-state index contributed by atoms with van der Waals surface area (Å²) in [5, 5.41) is 2.81. The molecule has 3 aromatic carbocycles. The number of nitrogens with zero attached hydrogens (tertiary/aromatic N) is 2. The average Bonchev–Trinajstić information content (AvgIpc) is 2.89. The van der Waals surface area contributed by atoms with Gasteiger partial charge in [0.05, 0.1) is 11.9 Å². The van der Waals surface area contributed by atoms with Crippen LogP contribution < -0.4 is 9.62 Å². The van der Waals surface area contributed by atoms with E-state index >= 15 is 0 Å². The normalized spacial score (nSPS) is 12.0. The maximum Gasteiger partial charge on any atom is 0.243 e. The number of hydrogen-bond donors (Lipinski definition) is 1. The topological polar surface area (TPSA) is 86.8 Å². The van der Waals surface area contributed by atoms with Crippen LogP contribution in [-0.2, 0) is 32.6 Å². The van der Waals surface area contributed by atoms with Gasteiger partial charge in [-0.15, -0.1) is 0 Å². The van der Waals surface area contributed by atoms with E-state index in [2.05, 4.69) is 5.32 Å². The lowest BCUT2D eigenvalue weighted by molar-refractivity contribution is -0.141. The van der Waals surface area contributed by atoms with Gasteiger partial charge in [0.1, 0.15) is 11.9 Å². The van der Waals surface area contributed by atoms with Crippen molar-refractivity contribution in [1.82, 2.24) is 10.2 Å². The number of amides is 2. The molecule has 40 heavy (non-hydrogen) atoms. The summed E-state index contributed by atoms with van der Waals surface area (Å²) in [7, 11) is -3.61. The van der Waals surface area contributed by atoms with E-state index in [0.717, 1.165) is 22.9 Å². The molecule has 0 fully saturated rings. The second-order valence-corrected chi connectivity index (χ2v) is 11.9. The van der Waals surface area contributed by atoms with Crippen molar-refractivity contribution in [3.8, 4) is 0 Å².